The van der Waals surface area contributed by atoms with Crippen LogP contribution in [0.1, 0.15) is 37.8 Å². The minimum absolute atomic E-state index is 0.0436. The van der Waals surface area contributed by atoms with Crippen LogP contribution >= 0.6 is 11.6 Å². The standard InChI is InChI=1S/C20H19ClN4O3/c1-12-9-15(13(2)25(12)10-14-5-3-4-6-16(14)21)17(26)11-28-20(27)18-19(22)24-8-7-23-18/h3-9H,10-11H2,1-2H3,(H2,22,24). The summed E-state index contributed by atoms with van der Waals surface area (Å²) in [5.41, 5.74) is 8.61. The van der Waals surface area contributed by atoms with Crippen molar-refractivity contribution in [3.8, 4) is 0 Å². The Morgan fingerprint density at radius 2 is 1.89 bits per heavy atom. The molecule has 0 saturated heterocycles. The number of carbonyl (C=O) groups excluding carboxylic acids is 2. The Morgan fingerprint density at radius 1 is 1.18 bits per heavy atom. The summed E-state index contributed by atoms with van der Waals surface area (Å²) >= 11 is 6.24. The molecule has 2 aromatic heterocycles. The molecule has 0 fully saturated rings. The van der Waals surface area contributed by atoms with Crippen molar-refractivity contribution in [1.29, 1.82) is 0 Å². The summed E-state index contributed by atoms with van der Waals surface area (Å²) in [4.78, 5) is 32.3. The van der Waals surface area contributed by atoms with Crippen molar-refractivity contribution >= 4 is 29.2 Å². The average molecular weight is 399 g/mol. The normalized spacial score (nSPS) is 10.7. The molecule has 3 rings (SSSR count). The summed E-state index contributed by atoms with van der Waals surface area (Å²) in [5, 5.41) is 0.665. The Balaban J connectivity index is 1.73. The maximum atomic E-state index is 12.6. The molecule has 144 valence electrons. The van der Waals surface area contributed by atoms with Crippen molar-refractivity contribution < 1.29 is 14.3 Å². The molecule has 0 radical (unpaired) electrons. The number of ether oxygens (including phenoxy) is 1. The summed E-state index contributed by atoms with van der Waals surface area (Å²) in [6.45, 7) is 3.89. The lowest BCUT2D eigenvalue weighted by molar-refractivity contribution is 0.0469. The van der Waals surface area contributed by atoms with Crippen LogP contribution in [0.5, 0.6) is 0 Å². The Kier molecular flexibility index (Phi) is 5.75. The third-order valence-corrected chi connectivity index (χ3v) is 4.78. The van der Waals surface area contributed by atoms with E-state index in [1.807, 2.05) is 42.7 Å². The molecule has 0 saturated carbocycles. The molecule has 2 N–H and O–H groups in total. The molecule has 28 heavy (non-hydrogen) atoms. The van der Waals surface area contributed by atoms with Crippen LogP contribution in [0.4, 0.5) is 5.82 Å². The largest absolute Gasteiger partial charge is 0.452 e. The highest BCUT2D eigenvalue weighted by molar-refractivity contribution is 6.31. The Bertz CT molecular complexity index is 1050. The first-order valence-electron chi connectivity index (χ1n) is 8.55. The lowest BCUT2D eigenvalue weighted by Crippen LogP contribution is -2.17. The number of anilines is 1. The predicted molar refractivity (Wildman–Crippen MR) is 106 cm³/mol. The van der Waals surface area contributed by atoms with Gasteiger partial charge in [-0.15, -0.1) is 0 Å². The van der Waals surface area contributed by atoms with E-state index in [2.05, 4.69) is 9.97 Å². The predicted octanol–water partition coefficient (Wildman–Crippen LogP) is 3.22. The number of nitrogen functional groups attached to an aromatic ring is 1. The Labute approximate surface area is 167 Å². The molecule has 0 aliphatic carbocycles. The molecule has 8 heteroatoms. The molecule has 0 unspecified atom stereocenters. The summed E-state index contributed by atoms with van der Waals surface area (Å²) in [5.74, 6) is -1.14. The zero-order valence-corrected chi connectivity index (χ0v) is 16.2. The fourth-order valence-electron chi connectivity index (χ4n) is 2.91. The fourth-order valence-corrected chi connectivity index (χ4v) is 3.10. The van der Waals surface area contributed by atoms with Crippen LogP contribution in [0.3, 0.4) is 0 Å². The quantitative estimate of drug-likeness (QED) is 0.505. The molecule has 0 atom stereocenters. The highest BCUT2D eigenvalue weighted by atomic mass is 35.5. The van der Waals surface area contributed by atoms with E-state index < -0.39 is 12.6 Å². The van der Waals surface area contributed by atoms with Gasteiger partial charge in [0.05, 0.1) is 0 Å². The number of Topliss-reactive ketones (excluding diaryl/α,β-unsaturated/α-hetero) is 1. The van der Waals surface area contributed by atoms with Crippen molar-refractivity contribution in [2.24, 2.45) is 0 Å². The van der Waals surface area contributed by atoms with Crippen LogP contribution in [0.2, 0.25) is 5.02 Å². The number of nitrogens with two attached hydrogens (primary N) is 1. The van der Waals surface area contributed by atoms with Crippen molar-refractivity contribution in [2.45, 2.75) is 20.4 Å². The second kappa shape index (κ2) is 8.22. The van der Waals surface area contributed by atoms with E-state index in [0.717, 1.165) is 17.0 Å². The Morgan fingerprint density at radius 3 is 2.61 bits per heavy atom. The molecule has 0 amide bonds. The number of esters is 1. The number of hydrogen-bond acceptors (Lipinski definition) is 6. The number of benzene rings is 1. The number of ketones is 1. The summed E-state index contributed by atoms with van der Waals surface area (Å²) in [7, 11) is 0. The van der Waals surface area contributed by atoms with Crippen LogP contribution in [0, 0.1) is 13.8 Å². The van der Waals surface area contributed by atoms with Crippen molar-refractivity contribution in [1.82, 2.24) is 14.5 Å². The number of carbonyl (C=O) groups is 2. The fraction of sp³-hybridized carbons (Fsp3) is 0.200. The van der Waals surface area contributed by atoms with Crippen molar-refractivity contribution in [3.63, 3.8) is 0 Å². The monoisotopic (exact) mass is 398 g/mol. The third kappa shape index (κ3) is 4.04. The van der Waals surface area contributed by atoms with E-state index >= 15 is 0 Å². The molecule has 0 aliphatic rings. The van der Waals surface area contributed by atoms with Gasteiger partial charge in [-0.2, -0.15) is 0 Å². The lowest BCUT2D eigenvalue weighted by atomic mass is 10.1. The number of hydrogen-bond donors (Lipinski definition) is 1. The van der Waals surface area contributed by atoms with E-state index in [1.54, 1.807) is 6.07 Å². The van der Waals surface area contributed by atoms with Crippen LogP contribution < -0.4 is 5.73 Å². The number of nitrogens with zero attached hydrogens (tertiary/aromatic N) is 3. The van der Waals surface area contributed by atoms with Gasteiger partial charge in [0.1, 0.15) is 0 Å². The molecule has 0 aliphatic heterocycles. The molecule has 2 heterocycles. The molecule has 1 aromatic carbocycles. The zero-order valence-electron chi connectivity index (χ0n) is 15.5. The van der Waals surface area contributed by atoms with E-state index in [1.165, 1.54) is 12.4 Å². The van der Waals surface area contributed by atoms with Gasteiger partial charge >= 0.3 is 5.97 Å². The molecule has 3 aromatic rings. The highest BCUT2D eigenvalue weighted by Gasteiger charge is 2.20. The average Bonchev–Trinajstić information content (AvgIpc) is 2.96. The third-order valence-electron chi connectivity index (χ3n) is 4.41. The minimum Gasteiger partial charge on any atom is -0.452 e. The molecular weight excluding hydrogens is 380 g/mol. The Hall–Kier alpha value is -3.19. The van der Waals surface area contributed by atoms with Gasteiger partial charge in [-0.25, -0.2) is 14.8 Å². The van der Waals surface area contributed by atoms with Crippen LogP contribution in [-0.4, -0.2) is 32.9 Å². The van der Waals surface area contributed by atoms with E-state index in [4.69, 9.17) is 22.1 Å². The molecule has 7 nitrogen and oxygen atoms in total. The number of aryl methyl sites for hydroxylation is 1. The smallest absolute Gasteiger partial charge is 0.361 e. The minimum atomic E-state index is -0.788. The summed E-state index contributed by atoms with van der Waals surface area (Å²) in [6, 6.07) is 9.33. The molecular formula is C20H19ClN4O3. The van der Waals surface area contributed by atoms with Gasteiger partial charge in [0.15, 0.2) is 18.1 Å². The molecule has 0 bridgehead atoms. The highest BCUT2D eigenvalue weighted by Crippen LogP contribution is 2.21. The van der Waals surface area contributed by atoms with Gasteiger partial charge in [-0.3, -0.25) is 4.79 Å². The SMILES string of the molecule is Cc1cc(C(=O)COC(=O)c2nccnc2N)c(C)n1Cc1ccccc1Cl. The second-order valence-corrected chi connectivity index (χ2v) is 6.66. The first kappa shape index (κ1) is 19.6. The van der Waals surface area contributed by atoms with E-state index in [-0.39, 0.29) is 17.3 Å². The lowest BCUT2D eigenvalue weighted by Gasteiger charge is -2.11. The van der Waals surface area contributed by atoms with E-state index in [9.17, 15) is 9.59 Å². The summed E-state index contributed by atoms with van der Waals surface area (Å²) in [6.07, 6.45) is 2.70. The van der Waals surface area contributed by atoms with Crippen LogP contribution in [0.25, 0.3) is 0 Å². The number of halogens is 1. The van der Waals surface area contributed by atoms with Gasteiger partial charge in [-0.05, 0) is 31.5 Å². The second-order valence-electron chi connectivity index (χ2n) is 6.25. The van der Waals surface area contributed by atoms with Gasteiger partial charge < -0.3 is 15.0 Å². The van der Waals surface area contributed by atoms with Crippen molar-refractivity contribution in [3.05, 3.63) is 76.0 Å². The van der Waals surface area contributed by atoms with Gasteiger partial charge in [0.25, 0.3) is 0 Å². The van der Waals surface area contributed by atoms with Gasteiger partial charge in [-0.1, -0.05) is 29.8 Å². The maximum Gasteiger partial charge on any atom is 0.361 e. The molecule has 0 spiro atoms. The van der Waals surface area contributed by atoms with Crippen LogP contribution in [-0.2, 0) is 11.3 Å². The van der Waals surface area contributed by atoms with Crippen molar-refractivity contribution in [2.75, 3.05) is 12.3 Å². The first-order chi connectivity index (χ1) is 13.4. The summed E-state index contributed by atoms with van der Waals surface area (Å²) < 4.78 is 7.06. The topological polar surface area (TPSA) is 100 Å². The first-order valence-corrected chi connectivity index (χ1v) is 8.93. The number of rotatable bonds is 6. The van der Waals surface area contributed by atoms with Crippen LogP contribution in [0.15, 0.2) is 42.7 Å². The zero-order chi connectivity index (χ0) is 20.3. The van der Waals surface area contributed by atoms with Gasteiger partial charge in [0, 0.05) is 40.9 Å². The number of aromatic nitrogens is 3. The van der Waals surface area contributed by atoms with Gasteiger partial charge in [0.2, 0.25) is 5.78 Å². The maximum absolute atomic E-state index is 12.6. The van der Waals surface area contributed by atoms with E-state index in [0.29, 0.717) is 17.1 Å².